The Balaban J connectivity index is 1.94. The van der Waals surface area contributed by atoms with Gasteiger partial charge >= 0.3 is 0 Å². The van der Waals surface area contributed by atoms with E-state index in [1.54, 1.807) is 30.3 Å². The number of amides is 2. The van der Waals surface area contributed by atoms with E-state index in [0.717, 1.165) is 5.56 Å². The monoisotopic (exact) mass is 306 g/mol. The Morgan fingerprint density at radius 2 is 2.00 bits per heavy atom. The summed E-state index contributed by atoms with van der Waals surface area (Å²) < 4.78 is 5.83. The SMILES string of the molecule is NCC#Cc1cccc(Oc2cccc3c2C(=O)NC(=O)C3)c1. The lowest BCUT2D eigenvalue weighted by atomic mass is 9.99. The first kappa shape index (κ1) is 14.8. The van der Waals surface area contributed by atoms with Gasteiger partial charge in [-0.25, -0.2) is 0 Å². The maximum atomic E-state index is 12.1. The molecule has 0 bridgehead atoms. The van der Waals surface area contributed by atoms with Crippen molar-refractivity contribution in [2.75, 3.05) is 6.54 Å². The number of fused-ring (bicyclic) bond motifs is 1. The highest BCUT2D eigenvalue weighted by Crippen LogP contribution is 2.30. The van der Waals surface area contributed by atoms with E-state index in [1.165, 1.54) is 0 Å². The third-order valence-corrected chi connectivity index (χ3v) is 3.34. The maximum Gasteiger partial charge on any atom is 0.261 e. The lowest BCUT2D eigenvalue weighted by molar-refractivity contribution is -0.119. The molecular formula is C18H14N2O3. The third-order valence-electron chi connectivity index (χ3n) is 3.34. The van der Waals surface area contributed by atoms with Crippen LogP contribution in [0, 0.1) is 11.8 Å². The van der Waals surface area contributed by atoms with Crippen molar-refractivity contribution < 1.29 is 14.3 Å². The van der Waals surface area contributed by atoms with Crippen LogP contribution in [0.4, 0.5) is 0 Å². The van der Waals surface area contributed by atoms with Crippen molar-refractivity contribution in [1.29, 1.82) is 0 Å². The smallest absolute Gasteiger partial charge is 0.261 e. The van der Waals surface area contributed by atoms with Gasteiger partial charge in [0.25, 0.3) is 5.91 Å². The van der Waals surface area contributed by atoms with Gasteiger partial charge in [0, 0.05) is 5.56 Å². The van der Waals surface area contributed by atoms with Crippen molar-refractivity contribution in [3.63, 3.8) is 0 Å². The quantitative estimate of drug-likeness (QED) is 0.652. The Bertz CT molecular complexity index is 847. The highest BCUT2D eigenvalue weighted by Gasteiger charge is 2.25. The number of nitrogens with two attached hydrogens (primary N) is 1. The molecule has 0 aliphatic carbocycles. The van der Waals surface area contributed by atoms with E-state index >= 15 is 0 Å². The van der Waals surface area contributed by atoms with Crippen molar-refractivity contribution in [2.45, 2.75) is 6.42 Å². The highest BCUT2D eigenvalue weighted by atomic mass is 16.5. The zero-order valence-electron chi connectivity index (χ0n) is 12.3. The predicted octanol–water partition coefficient (Wildman–Crippen LogP) is 1.60. The molecule has 0 saturated heterocycles. The highest BCUT2D eigenvalue weighted by molar-refractivity contribution is 6.11. The minimum atomic E-state index is -0.439. The Hall–Kier alpha value is -3.10. The summed E-state index contributed by atoms with van der Waals surface area (Å²) in [6, 6.07) is 12.4. The lowest BCUT2D eigenvalue weighted by Crippen LogP contribution is -2.37. The van der Waals surface area contributed by atoms with Gasteiger partial charge in [-0.15, -0.1) is 0 Å². The molecule has 0 unspecified atom stereocenters. The zero-order valence-corrected chi connectivity index (χ0v) is 12.3. The van der Waals surface area contributed by atoms with Gasteiger partial charge in [0.2, 0.25) is 5.91 Å². The molecule has 2 aromatic rings. The van der Waals surface area contributed by atoms with Crippen LogP contribution in [-0.2, 0) is 11.2 Å². The van der Waals surface area contributed by atoms with Crippen molar-refractivity contribution in [3.8, 4) is 23.3 Å². The summed E-state index contributed by atoms with van der Waals surface area (Å²) in [4.78, 5) is 23.5. The molecule has 3 rings (SSSR count). The fourth-order valence-corrected chi connectivity index (χ4v) is 2.39. The van der Waals surface area contributed by atoms with Gasteiger partial charge < -0.3 is 10.5 Å². The molecular weight excluding hydrogens is 292 g/mol. The second-order valence-electron chi connectivity index (χ2n) is 4.98. The van der Waals surface area contributed by atoms with E-state index in [2.05, 4.69) is 17.2 Å². The lowest BCUT2D eigenvalue weighted by Gasteiger charge is -2.18. The van der Waals surface area contributed by atoms with Crippen molar-refractivity contribution >= 4 is 11.8 Å². The van der Waals surface area contributed by atoms with Crippen LogP contribution in [-0.4, -0.2) is 18.4 Å². The third kappa shape index (κ3) is 3.23. The van der Waals surface area contributed by atoms with Crippen LogP contribution in [0.5, 0.6) is 11.5 Å². The molecule has 5 heteroatoms. The summed E-state index contributed by atoms with van der Waals surface area (Å²) in [5, 5.41) is 2.31. The summed E-state index contributed by atoms with van der Waals surface area (Å²) in [6.07, 6.45) is 0.167. The van der Waals surface area contributed by atoms with Gasteiger partial charge in [-0.3, -0.25) is 14.9 Å². The first-order chi connectivity index (χ1) is 11.2. The average molecular weight is 306 g/mol. The molecule has 2 amide bonds. The number of rotatable bonds is 2. The van der Waals surface area contributed by atoms with E-state index in [0.29, 0.717) is 22.6 Å². The topological polar surface area (TPSA) is 81.4 Å². The van der Waals surface area contributed by atoms with Gasteiger partial charge in [-0.1, -0.05) is 30.0 Å². The van der Waals surface area contributed by atoms with Gasteiger partial charge in [-0.05, 0) is 29.8 Å². The second kappa shape index (κ2) is 6.34. The molecule has 0 radical (unpaired) electrons. The largest absolute Gasteiger partial charge is 0.456 e. The first-order valence-electron chi connectivity index (χ1n) is 7.10. The van der Waals surface area contributed by atoms with E-state index in [1.807, 2.05) is 12.1 Å². The molecule has 0 aromatic heterocycles. The Morgan fingerprint density at radius 1 is 1.17 bits per heavy atom. The minimum absolute atomic E-state index is 0.167. The molecule has 0 atom stereocenters. The van der Waals surface area contributed by atoms with Crippen LogP contribution in [0.25, 0.3) is 0 Å². The maximum absolute atomic E-state index is 12.1. The molecule has 1 aliphatic rings. The van der Waals surface area contributed by atoms with Gasteiger partial charge in [0.15, 0.2) is 0 Å². The molecule has 1 aliphatic heterocycles. The van der Waals surface area contributed by atoms with Crippen molar-refractivity contribution in [2.24, 2.45) is 5.73 Å². The van der Waals surface area contributed by atoms with Crippen LogP contribution in [0.1, 0.15) is 21.5 Å². The summed E-state index contributed by atoms with van der Waals surface area (Å²) in [6.45, 7) is 0.283. The number of hydrogen-bond donors (Lipinski definition) is 2. The van der Waals surface area contributed by atoms with E-state index in [9.17, 15) is 9.59 Å². The number of carbonyl (C=O) groups excluding carboxylic acids is 2. The average Bonchev–Trinajstić information content (AvgIpc) is 2.53. The number of imide groups is 1. The van der Waals surface area contributed by atoms with Gasteiger partial charge in [-0.2, -0.15) is 0 Å². The van der Waals surface area contributed by atoms with Crippen LogP contribution >= 0.6 is 0 Å². The summed E-state index contributed by atoms with van der Waals surface area (Å²) in [5.41, 5.74) is 7.20. The second-order valence-corrected chi connectivity index (χ2v) is 4.98. The van der Waals surface area contributed by atoms with Crippen LogP contribution in [0.3, 0.4) is 0 Å². The molecule has 114 valence electrons. The zero-order chi connectivity index (χ0) is 16.2. The minimum Gasteiger partial charge on any atom is -0.456 e. The molecule has 23 heavy (non-hydrogen) atoms. The summed E-state index contributed by atoms with van der Waals surface area (Å²) >= 11 is 0. The van der Waals surface area contributed by atoms with Crippen LogP contribution < -0.4 is 15.8 Å². The van der Waals surface area contributed by atoms with Crippen LogP contribution in [0.15, 0.2) is 42.5 Å². The molecule has 1 heterocycles. The Labute approximate surface area is 133 Å². The van der Waals surface area contributed by atoms with E-state index in [4.69, 9.17) is 10.5 Å². The van der Waals surface area contributed by atoms with E-state index < -0.39 is 5.91 Å². The number of benzene rings is 2. The normalized spacial score (nSPS) is 12.7. The number of ether oxygens (including phenoxy) is 1. The summed E-state index contributed by atoms with van der Waals surface area (Å²) in [5.74, 6) is 5.94. The van der Waals surface area contributed by atoms with E-state index in [-0.39, 0.29) is 18.9 Å². The number of hydrogen-bond acceptors (Lipinski definition) is 4. The van der Waals surface area contributed by atoms with Gasteiger partial charge in [0.05, 0.1) is 18.5 Å². The Morgan fingerprint density at radius 3 is 2.83 bits per heavy atom. The van der Waals surface area contributed by atoms with Crippen molar-refractivity contribution in [1.82, 2.24) is 5.32 Å². The Kier molecular flexibility index (Phi) is 4.09. The molecule has 5 nitrogen and oxygen atoms in total. The fourth-order valence-electron chi connectivity index (χ4n) is 2.39. The molecule has 0 spiro atoms. The standard InChI is InChI=1S/C18H14N2O3/c19-9-3-5-12-4-1-7-14(10-12)23-15-8-2-6-13-11-16(21)20-18(22)17(13)15/h1-2,4,6-8,10H,9,11,19H2,(H,20,21,22). The number of carbonyl (C=O) groups is 2. The summed E-state index contributed by atoms with van der Waals surface area (Å²) in [7, 11) is 0. The number of nitrogens with one attached hydrogen (secondary N) is 1. The molecule has 3 N–H and O–H groups in total. The predicted molar refractivity (Wildman–Crippen MR) is 85.1 cm³/mol. The van der Waals surface area contributed by atoms with Crippen molar-refractivity contribution in [3.05, 3.63) is 59.2 Å². The molecule has 0 saturated carbocycles. The molecule has 2 aromatic carbocycles. The fraction of sp³-hybridized carbons (Fsp3) is 0.111. The van der Waals surface area contributed by atoms with Gasteiger partial charge in [0.1, 0.15) is 11.5 Å². The first-order valence-corrected chi connectivity index (χ1v) is 7.10. The van der Waals surface area contributed by atoms with Crippen LogP contribution in [0.2, 0.25) is 0 Å². The molecule has 0 fully saturated rings.